The van der Waals surface area contributed by atoms with Crippen LogP contribution in [0.15, 0.2) is 24.9 Å². The van der Waals surface area contributed by atoms with Crippen molar-refractivity contribution in [1.29, 1.82) is 0 Å². The standard InChI is InChI=1S/C9H14N2O2/c1-8-10(3-5-12-8)7-11-4-6-13-9(11)2/h3-6,8-9H,7H2,1-2H3. The highest BCUT2D eigenvalue weighted by atomic mass is 16.5. The Hall–Kier alpha value is -1.32. The van der Waals surface area contributed by atoms with Gasteiger partial charge in [-0.25, -0.2) is 0 Å². The molecule has 4 heteroatoms. The van der Waals surface area contributed by atoms with Gasteiger partial charge >= 0.3 is 0 Å². The lowest BCUT2D eigenvalue weighted by Gasteiger charge is -2.28. The molecule has 72 valence electrons. The molecule has 0 radical (unpaired) electrons. The summed E-state index contributed by atoms with van der Waals surface area (Å²) in [7, 11) is 0. The molecule has 2 aliphatic rings. The van der Waals surface area contributed by atoms with Crippen LogP contribution >= 0.6 is 0 Å². The van der Waals surface area contributed by atoms with Crippen LogP contribution in [0.5, 0.6) is 0 Å². The Kier molecular flexibility index (Phi) is 2.04. The molecule has 0 saturated heterocycles. The zero-order valence-corrected chi connectivity index (χ0v) is 7.88. The molecule has 0 aromatic rings. The fourth-order valence-electron chi connectivity index (χ4n) is 1.37. The molecule has 0 aromatic carbocycles. The minimum atomic E-state index is 0.126. The third-order valence-electron chi connectivity index (χ3n) is 2.32. The van der Waals surface area contributed by atoms with Crippen LogP contribution in [-0.4, -0.2) is 28.9 Å². The largest absolute Gasteiger partial charge is 0.477 e. The van der Waals surface area contributed by atoms with Gasteiger partial charge in [0.2, 0.25) is 0 Å². The van der Waals surface area contributed by atoms with Crippen molar-refractivity contribution in [2.45, 2.75) is 26.3 Å². The van der Waals surface area contributed by atoms with Gasteiger partial charge in [0.05, 0.1) is 6.67 Å². The second-order valence-electron chi connectivity index (χ2n) is 3.21. The molecule has 0 amide bonds. The van der Waals surface area contributed by atoms with Crippen molar-refractivity contribution >= 4 is 0 Å². The highest BCUT2D eigenvalue weighted by Gasteiger charge is 2.21. The summed E-state index contributed by atoms with van der Waals surface area (Å²) < 4.78 is 10.5. The summed E-state index contributed by atoms with van der Waals surface area (Å²) in [5.41, 5.74) is 0. The molecule has 2 unspecified atom stereocenters. The summed E-state index contributed by atoms with van der Waals surface area (Å²) >= 11 is 0. The molecule has 0 N–H and O–H groups in total. The summed E-state index contributed by atoms with van der Waals surface area (Å²) in [5.74, 6) is 0. The van der Waals surface area contributed by atoms with Crippen LogP contribution in [0.3, 0.4) is 0 Å². The summed E-state index contributed by atoms with van der Waals surface area (Å²) in [5, 5.41) is 0. The van der Waals surface area contributed by atoms with Crippen molar-refractivity contribution in [3.63, 3.8) is 0 Å². The van der Waals surface area contributed by atoms with Gasteiger partial charge in [-0.15, -0.1) is 0 Å². The quantitative estimate of drug-likeness (QED) is 0.641. The van der Waals surface area contributed by atoms with E-state index >= 15 is 0 Å². The fraction of sp³-hybridized carbons (Fsp3) is 0.556. The SMILES string of the molecule is CC1OC=CN1CN1C=COC1C. The topological polar surface area (TPSA) is 24.9 Å². The van der Waals surface area contributed by atoms with Crippen LogP contribution in [0.25, 0.3) is 0 Å². The van der Waals surface area contributed by atoms with Crippen LogP contribution in [0.4, 0.5) is 0 Å². The number of hydrogen-bond donors (Lipinski definition) is 0. The smallest absolute Gasteiger partial charge is 0.169 e. The second kappa shape index (κ2) is 3.20. The highest BCUT2D eigenvalue weighted by Crippen LogP contribution is 2.16. The van der Waals surface area contributed by atoms with Gasteiger partial charge in [-0.3, -0.25) is 0 Å². The van der Waals surface area contributed by atoms with Crippen LogP contribution in [-0.2, 0) is 9.47 Å². The van der Waals surface area contributed by atoms with Crippen molar-refractivity contribution in [2.24, 2.45) is 0 Å². The summed E-state index contributed by atoms with van der Waals surface area (Å²) in [6.45, 7) is 4.84. The third kappa shape index (κ3) is 1.56. The first-order chi connectivity index (χ1) is 6.27. The Morgan fingerprint density at radius 2 is 1.46 bits per heavy atom. The molecule has 0 saturated carbocycles. The van der Waals surface area contributed by atoms with Crippen molar-refractivity contribution < 1.29 is 9.47 Å². The minimum absolute atomic E-state index is 0.126. The van der Waals surface area contributed by atoms with E-state index in [1.807, 2.05) is 26.2 Å². The van der Waals surface area contributed by atoms with Gasteiger partial charge in [0, 0.05) is 12.4 Å². The van der Waals surface area contributed by atoms with Crippen molar-refractivity contribution in [3.05, 3.63) is 24.9 Å². The normalized spacial score (nSPS) is 30.9. The number of rotatable bonds is 2. The van der Waals surface area contributed by atoms with Crippen molar-refractivity contribution in [3.8, 4) is 0 Å². The lowest BCUT2D eigenvalue weighted by Crippen LogP contribution is -2.38. The van der Waals surface area contributed by atoms with Crippen LogP contribution in [0.2, 0.25) is 0 Å². The molecular weight excluding hydrogens is 168 g/mol. The van der Waals surface area contributed by atoms with E-state index in [1.54, 1.807) is 12.5 Å². The maximum atomic E-state index is 5.26. The number of nitrogens with zero attached hydrogens (tertiary/aromatic N) is 2. The van der Waals surface area contributed by atoms with Gasteiger partial charge in [0.15, 0.2) is 12.5 Å². The van der Waals surface area contributed by atoms with Crippen molar-refractivity contribution in [1.82, 2.24) is 9.80 Å². The lowest BCUT2D eigenvalue weighted by atomic mass is 10.5. The van der Waals surface area contributed by atoms with Crippen LogP contribution < -0.4 is 0 Å². The third-order valence-corrected chi connectivity index (χ3v) is 2.32. The Morgan fingerprint density at radius 1 is 1.00 bits per heavy atom. The minimum Gasteiger partial charge on any atom is -0.477 e. The summed E-state index contributed by atoms with van der Waals surface area (Å²) in [6.07, 6.45) is 7.58. The number of ether oxygens (including phenoxy) is 2. The Balaban J connectivity index is 1.90. The average Bonchev–Trinajstić information content (AvgIpc) is 2.65. The molecule has 0 aliphatic carbocycles. The molecule has 0 spiro atoms. The Labute approximate surface area is 78.0 Å². The number of hydrogen-bond acceptors (Lipinski definition) is 4. The van der Waals surface area contributed by atoms with Crippen LogP contribution in [0, 0.1) is 0 Å². The zero-order chi connectivity index (χ0) is 9.26. The van der Waals surface area contributed by atoms with Crippen molar-refractivity contribution in [2.75, 3.05) is 6.67 Å². The van der Waals surface area contributed by atoms with E-state index < -0.39 is 0 Å². The molecule has 4 nitrogen and oxygen atoms in total. The van der Waals surface area contributed by atoms with E-state index in [-0.39, 0.29) is 12.5 Å². The highest BCUT2D eigenvalue weighted by molar-refractivity contribution is 4.89. The van der Waals surface area contributed by atoms with E-state index in [0.29, 0.717) is 0 Å². The molecule has 2 atom stereocenters. The second-order valence-corrected chi connectivity index (χ2v) is 3.21. The molecular formula is C9H14N2O2. The molecule has 2 aliphatic heterocycles. The van der Waals surface area contributed by atoms with Crippen LogP contribution in [0.1, 0.15) is 13.8 Å². The van der Waals surface area contributed by atoms with Gasteiger partial charge in [-0.2, -0.15) is 0 Å². The molecule has 2 heterocycles. The predicted molar refractivity (Wildman–Crippen MR) is 47.9 cm³/mol. The summed E-state index contributed by atoms with van der Waals surface area (Å²) in [6, 6.07) is 0. The molecule has 0 aromatic heterocycles. The zero-order valence-electron chi connectivity index (χ0n) is 7.88. The average molecular weight is 182 g/mol. The summed E-state index contributed by atoms with van der Waals surface area (Å²) in [4.78, 5) is 4.21. The predicted octanol–water partition coefficient (Wildman–Crippen LogP) is 1.24. The Bertz CT molecular complexity index is 216. The van der Waals surface area contributed by atoms with E-state index in [2.05, 4.69) is 9.80 Å². The lowest BCUT2D eigenvalue weighted by molar-refractivity contribution is 0.00352. The maximum Gasteiger partial charge on any atom is 0.169 e. The first kappa shape index (κ1) is 8.29. The van der Waals surface area contributed by atoms with E-state index in [0.717, 1.165) is 6.67 Å². The monoisotopic (exact) mass is 182 g/mol. The first-order valence-electron chi connectivity index (χ1n) is 4.43. The van der Waals surface area contributed by atoms with E-state index in [9.17, 15) is 0 Å². The molecule has 13 heavy (non-hydrogen) atoms. The van der Waals surface area contributed by atoms with Gasteiger partial charge < -0.3 is 19.3 Å². The molecule has 2 rings (SSSR count). The molecule has 0 bridgehead atoms. The fourth-order valence-corrected chi connectivity index (χ4v) is 1.37. The van der Waals surface area contributed by atoms with E-state index in [1.165, 1.54) is 0 Å². The molecule has 0 fully saturated rings. The van der Waals surface area contributed by atoms with Gasteiger partial charge in [0.25, 0.3) is 0 Å². The Morgan fingerprint density at radius 3 is 1.77 bits per heavy atom. The van der Waals surface area contributed by atoms with Gasteiger partial charge in [-0.1, -0.05) is 0 Å². The van der Waals surface area contributed by atoms with Gasteiger partial charge in [0.1, 0.15) is 12.5 Å². The van der Waals surface area contributed by atoms with E-state index in [4.69, 9.17) is 9.47 Å². The maximum absolute atomic E-state index is 5.26. The van der Waals surface area contributed by atoms with Gasteiger partial charge in [-0.05, 0) is 13.8 Å². The first-order valence-corrected chi connectivity index (χ1v) is 4.43.